The maximum absolute atomic E-state index is 12.6. The van der Waals surface area contributed by atoms with Crippen LogP contribution < -0.4 is 18.9 Å². The Labute approximate surface area is 250 Å². The molecule has 0 bridgehead atoms. The van der Waals surface area contributed by atoms with Crippen LogP contribution >= 0.6 is 0 Å². The monoisotopic (exact) mass is 572 g/mol. The normalized spacial score (nSPS) is 11.4. The zero-order chi connectivity index (χ0) is 30.0. The maximum Gasteiger partial charge on any atom is 0.343 e. The minimum Gasteiger partial charge on any atom is -0.494 e. The number of unbranched alkanes of at least 4 members (excludes halogenated alkanes) is 7. The number of hydrogen-bond acceptors (Lipinski definition) is 6. The summed E-state index contributed by atoms with van der Waals surface area (Å²) >= 11 is 0. The fourth-order valence-corrected chi connectivity index (χ4v) is 4.10. The summed E-state index contributed by atoms with van der Waals surface area (Å²) in [4.78, 5) is 25.1. The van der Waals surface area contributed by atoms with Crippen molar-refractivity contribution in [2.45, 2.75) is 71.6 Å². The van der Waals surface area contributed by atoms with Crippen molar-refractivity contribution in [3.8, 4) is 23.0 Å². The summed E-state index contributed by atoms with van der Waals surface area (Å²) in [5.41, 5.74) is 0.760. The van der Waals surface area contributed by atoms with Crippen LogP contribution in [0.5, 0.6) is 23.0 Å². The van der Waals surface area contributed by atoms with Crippen molar-refractivity contribution in [3.05, 3.63) is 96.6 Å². The molecule has 1 atom stereocenters. The van der Waals surface area contributed by atoms with Crippen LogP contribution in [0.3, 0.4) is 0 Å². The molecule has 0 saturated heterocycles. The summed E-state index contributed by atoms with van der Waals surface area (Å²) in [7, 11) is 0. The van der Waals surface area contributed by atoms with Gasteiger partial charge in [-0.2, -0.15) is 0 Å². The van der Waals surface area contributed by atoms with Crippen molar-refractivity contribution in [1.82, 2.24) is 0 Å². The van der Waals surface area contributed by atoms with Gasteiger partial charge in [0.05, 0.1) is 24.3 Å². The third kappa shape index (κ3) is 11.8. The van der Waals surface area contributed by atoms with Crippen molar-refractivity contribution in [2.75, 3.05) is 13.2 Å². The third-order valence-electron chi connectivity index (χ3n) is 6.98. The van der Waals surface area contributed by atoms with Crippen molar-refractivity contribution in [1.29, 1.82) is 0 Å². The molecule has 224 valence electrons. The average molecular weight is 573 g/mol. The van der Waals surface area contributed by atoms with Crippen LogP contribution in [0.4, 0.5) is 0 Å². The van der Waals surface area contributed by atoms with E-state index in [4.69, 9.17) is 18.9 Å². The van der Waals surface area contributed by atoms with E-state index in [2.05, 4.69) is 20.4 Å². The van der Waals surface area contributed by atoms with E-state index >= 15 is 0 Å². The highest BCUT2D eigenvalue weighted by Gasteiger charge is 2.12. The van der Waals surface area contributed by atoms with E-state index in [9.17, 15) is 9.59 Å². The molecule has 0 aliphatic rings. The molecule has 6 nitrogen and oxygen atoms in total. The first-order chi connectivity index (χ1) is 20.5. The molecule has 0 N–H and O–H groups in total. The number of carbonyl (C=O) groups is 2. The molecule has 0 heterocycles. The molecule has 0 amide bonds. The number of benzene rings is 3. The minimum absolute atomic E-state index is 0.334. The largest absolute Gasteiger partial charge is 0.494 e. The van der Waals surface area contributed by atoms with E-state index in [-0.39, 0.29) is 0 Å². The van der Waals surface area contributed by atoms with Gasteiger partial charge in [0.15, 0.2) is 0 Å². The van der Waals surface area contributed by atoms with Crippen LogP contribution in [0.1, 0.15) is 92.4 Å². The smallest absolute Gasteiger partial charge is 0.343 e. The Morgan fingerprint density at radius 2 is 1.07 bits per heavy atom. The quantitative estimate of drug-likeness (QED) is 0.0617. The highest BCUT2D eigenvalue weighted by molar-refractivity contribution is 5.92. The van der Waals surface area contributed by atoms with Crippen molar-refractivity contribution >= 4 is 11.9 Å². The van der Waals surface area contributed by atoms with E-state index in [0.29, 0.717) is 41.8 Å². The topological polar surface area (TPSA) is 71.1 Å². The van der Waals surface area contributed by atoms with Gasteiger partial charge in [-0.15, -0.1) is 6.58 Å². The van der Waals surface area contributed by atoms with Crippen LogP contribution in [0.15, 0.2) is 85.5 Å². The summed E-state index contributed by atoms with van der Waals surface area (Å²) < 4.78 is 22.5. The molecular formula is C36H44O6. The lowest BCUT2D eigenvalue weighted by atomic mass is 10.1. The molecule has 6 heteroatoms. The van der Waals surface area contributed by atoms with Gasteiger partial charge in [-0.05, 0) is 98.0 Å². The molecule has 0 fully saturated rings. The van der Waals surface area contributed by atoms with Gasteiger partial charge in [0.1, 0.15) is 23.0 Å². The Kier molecular flexibility index (Phi) is 14.2. The molecule has 3 rings (SSSR count). The Hall–Kier alpha value is -4.06. The van der Waals surface area contributed by atoms with E-state index in [0.717, 1.165) is 37.2 Å². The van der Waals surface area contributed by atoms with Gasteiger partial charge in [-0.1, -0.05) is 58.4 Å². The molecule has 1 unspecified atom stereocenters. The van der Waals surface area contributed by atoms with E-state index in [1.165, 1.54) is 32.1 Å². The first kappa shape index (κ1) is 32.5. The number of carbonyl (C=O) groups excluding carboxylic acids is 2. The molecule has 3 aromatic rings. The lowest BCUT2D eigenvalue weighted by Crippen LogP contribution is -2.10. The lowest BCUT2D eigenvalue weighted by molar-refractivity contribution is 0.0730. The van der Waals surface area contributed by atoms with Crippen LogP contribution in [0, 0.1) is 5.92 Å². The van der Waals surface area contributed by atoms with Crippen LogP contribution in [0.2, 0.25) is 0 Å². The molecule has 3 aromatic carbocycles. The van der Waals surface area contributed by atoms with Gasteiger partial charge in [0, 0.05) is 0 Å². The molecule has 0 spiro atoms. The molecule has 0 aliphatic heterocycles. The van der Waals surface area contributed by atoms with Crippen LogP contribution in [0.25, 0.3) is 0 Å². The highest BCUT2D eigenvalue weighted by atomic mass is 16.5. The summed E-state index contributed by atoms with van der Waals surface area (Å²) in [5, 5.41) is 0. The Balaban J connectivity index is 1.37. The van der Waals surface area contributed by atoms with Crippen molar-refractivity contribution in [3.63, 3.8) is 0 Å². The van der Waals surface area contributed by atoms with Gasteiger partial charge in [-0.25, -0.2) is 9.59 Å². The summed E-state index contributed by atoms with van der Waals surface area (Å²) in [5.74, 6) is 1.70. The van der Waals surface area contributed by atoms with E-state index in [1.807, 2.05) is 6.08 Å². The minimum atomic E-state index is -0.504. The SMILES string of the molecule is C=CCCCCCCCCCOc1ccc(C(=O)Oc2ccc(C(=O)Oc3ccc(OCC(C)CC)cc3)cc2)cc1. The molecular weight excluding hydrogens is 528 g/mol. The first-order valence-corrected chi connectivity index (χ1v) is 15.1. The number of hydrogen-bond donors (Lipinski definition) is 0. The summed E-state index contributed by atoms with van der Waals surface area (Å²) in [6.07, 6.45) is 12.6. The number of esters is 2. The number of ether oxygens (including phenoxy) is 4. The fourth-order valence-electron chi connectivity index (χ4n) is 4.10. The van der Waals surface area contributed by atoms with Gasteiger partial charge in [0.2, 0.25) is 0 Å². The highest BCUT2D eigenvalue weighted by Crippen LogP contribution is 2.21. The van der Waals surface area contributed by atoms with E-state index < -0.39 is 11.9 Å². The Morgan fingerprint density at radius 3 is 1.60 bits per heavy atom. The molecule has 0 radical (unpaired) electrons. The fraction of sp³-hybridized carbons (Fsp3) is 0.389. The third-order valence-corrected chi connectivity index (χ3v) is 6.98. The van der Waals surface area contributed by atoms with Crippen LogP contribution in [-0.2, 0) is 0 Å². The van der Waals surface area contributed by atoms with Gasteiger partial charge < -0.3 is 18.9 Å². The second-order valence-electron chi connectivity index (χ2n) is 10.5. The second kappa shape index (κ2) is 18.4. The first-order valence-electron chi connectivity index (χ1n) is 15.1. The van der Waals surface area contributed by atoms with Crippen molar-refractivity contribution in [2.24, 2.45) is 5.92 Å². The molecule has 0 aromatic heterocycles. The van der Waals surface area contributed by atoms with Gasteiger partial charge >= 0.3 is 11.9 Å². The van der Waals surface area contributed by atoms with Gasteiger partial charge in [0.25, 0.3) is 0 Å². The lowest BCUT2D eigenvalue weighted by Gasteiger charge is -2.11. The zero-order valence-electron chi connectivity index (χ0n) is 25.0. The summed E-state index contributed by atoms with van der Waals surface area (Å²) in [6.45, 7) is 9.32. The van der Waals surface area contributed by atoms with Gasteiger partial charge in [-0.3, -0.25) is 0 Å². The second-order valence-corrected chi connectivity index (χ2v) is 10.5. The zero-order valence-corrected chi connectivity index (χ0v) is 25.0. The average Bonchev–Trinajstić information content (AvgIpc) is 3.02. The molecule has 0 saturated carbocycles. The Bertz CT molecular complexity index is 1220. The number of allylic oxidation sites excluding steroid dienone is 1. The predicted octanol–water partition coefficient (Wildman–Crippen LogP) is 9.24. The molecule has 0 aliphatic carbocycles. The molecule has 42 heavy (non-hydrogen) atoms. The van der Waals surface area contributed by atoms with E-state index in [1.54, 1.807) is 72.8 Å². The predicted molar refractivity (Wildman–Crippen MR) is 167 cm³/mol. The number of rotatable bonds is 19. The maximum atomic E-state index is 12.6. The Morgan fingerprint density at radius 1 is 0.643 bits per heavy atom. The van der Waals surface area contributed by atoms with Crippen LogP contribution in [-0.4, -0.2) is 25.2 Å². The van der Waals surface area contributed by atoms with Crippen molar-refractivity contribution < 1.29 is 28.5 Å². The standard InChI is InChI=1S/C36H44O6/c1-4-6-7-8-9-10-11-12-13-26-39-31-18-14-29(15-19-31)35(37)41-33-20-16-30(17-21-33)36(38)42-34-24-22-32(23-25-34)40-27-28(3)5-2/h4,14-25,28H,1,5-13,26-27H2,2-3H3. The summed E-state index contributed by atoms with van der Waals surface area (Å²) in [6, 6.07) is 20.2.